The number of nitrogens with zero attached hydrogens (tertiary/aromatic N) is 1. The lowest BCUT2D eigenvalue weighted by Gasteiger charge is -2.17. The Hall–Kier alpha value is -1.25. The van der Waals surface area contributed by atoms with Crippen LogP contribution in [0.3, 0.4) is 0 Å². The van der Waals surface area contributed by atoms with E-state index in [9.17, 15) is 4.79 Å². The third-order valence-electron chi connectivity index (χ3n) is 3.86. The highest BCUT2D eigenvalue weighted by molar-refractivity contribution is 5.76. The van der Waals surface area contributed by atoms with E-state index in [1.807, 2.05) is 24.8 Å². The van der Waals surface area contributed by atoms with Gasteiger partial charge in [0.15, 0.2) is 0 Å². The average Bonchev–Trinajstić information content (AvgIpc) is 2.92. The Balaban J connectivity index is 1.83. The van der Waals surface area contributed by atoms with Crippen LogP contribution in [0, 0.1) is 5.92 Å². The SMILES string of the molecule is CCN(CC)C(=O)CCc1ccc([C@H]2C[C@@H]2C)o1. The molecule has 3 heteroatoms. The minimum Gasteiger partial charge on any atom is -0.466 e. The number of furan rings is 1. The number of carbonyl (C=O) groups is 1. The van der Waals surface area contributed by atoms with Crippen molar-refractivity contribution in [2.24, 2.45) is 5.92 Å². The van der Waals surface area contributed by atoms with Gasteiger partial charge >= 0.3 is 0 Å². The second-order valence-corrected chi connectivity index (χ2v) is 5.19. The molecule has 0 saturated heterocycles. The molecule has 100 valence electrons. The van der Waals surface area contributed by atoms with Gasteiger partial charge in [0, 0.05) is 31.8 Å². The Kier molecular flexibility index (Phi) is 4.10. The van der Waals surface area contributed by atoms with Crippen LogP contribution >= 0.6 is 0 Å². The quantitative estimate of drug-likeness (QED) is 0.775. The van der Waals surface area contributed by atoms with Gasteiger partial charge in [-0.1, -0.05) is 6.92 Å². The number of rotatable bonds is 6. The Bertz CT molecular complexity index is 406. The van der Waals surface area contributed by atoms with Gasteiger partial charge in [0.2, 0.25) is 5.91 Å². The first-order chi connectivity index (χ1) is 8.65. The molecule has 0 unspecified atom stereocenters. The van der Waals surface area contributed by atoms with E-state index in [-0.39, 0.29) is 5.91 Å². The van der Waals surface area contributed by atoms with Gasteiger partial charge in [0.1, 0.15) is 11.5 Å². The van der Waals surface area contributed by atoms with Crippen molar-refractivity contribution < 1.29 is 9.21 Å². The molecule has 1 amide bonds. The maximum Gasteiger partial charge on any atom is 0.222 e. The fourth-order valence-corrected chi connectivity index (χ4v) is 2.41. The van der Waals surface area contributed by atoms with Crippen molar-refractivity contribution in [1.82, 2.24) is 4.90 Å². The number of carbonyl (C=O) groups excluding carboxylic acids is 1. The molecule has 0 radical (unpaired) electrons. The first kappa shape index (κ1) is 13.2. The van der Waals surface area contributed by atoms with Crippen molar-refractivity contribution in [3.05, 3.63) is 23.7 Å². The summed E-state index contributed by atoms with van der Waals surface area (Å²) in [6, 6.07) is 4.10. The monoisotopic (exact) mass is 249 g/mol. The van der Waals surface area contributed by atoms with Crippen LogP contribution in [0.1, 0.15) is 51.1 Å². The van der Waals surface area contributed by atoms with E-state index in [1.54, 1.807) is 0 Å². The summed E-state index contributed by atoms with van der Waals surface area (Å²) in [5, 5.41) is 0. The smallest absolute Gasteiger partial charge is 0.222 e. The van der Waals surface area contributed by atoms with E-state index in [0.717, 1.165) is 36.9 Å². The number of hydrogen-bond acceptors (Lipinski definition) is 2. The predicted molar refractivity (Wildman–Crippen MR) is 71.5 cm³/mol. The summed E-state index contributed by atoms with van der Waals surface area (Å²) < 4.78 is 5.80. The molecule has 3 nitrogen and oxygen atoms in total. The Morgan fingerprint density at radius 2 is 2.06 bits per heavy atom. The molecule has 0 spiro atoms. The minimum absolute atomic E-state index is 0.220. The third-order valence-corrected chi connectivity index (χ3v) is 3.86. The summed E-state index contributed by atoms with van der Waals surface area (Å²) in [5.74, 6) is 3.66. The largest absolute Gasteiger partial charge is 0.466 e. The number of hydrogen-bond donors (Lipinski definition) is 0. The molecule has 1 aromatic heterocycles. The minimum atomic E-state index is 0.220. The van der Waals surface area contributed by atoms with Crippen LogP contribution in [0.25, 0.3) is 0 Å². The number of amides is 1. The molecular formula is C15H23NO2. The second kappa shape index (κ2) is 5.59. The van der Waals surface area contributed by atoms with Gasteiger partial charge in [-0.15, -0.1) is 0 Å². The molecule has 1 aliphatic carbocycles. The zero-order valence-corrected chi connectivity index (χ0v) is 11.6. The topological polar surface area (TPSA) is 33.5 Å². The summed E-state index contributed by atoms with van der Waals surface area (Å²) in [7, 11) is 0. The highest BCUT2D eigenvalue weighted by Gasteiger charge is 2.36. The molecule has 1 aliphatic rings. The molecule has 0 aliphatic heterocycles. The maximum atomic E-state index is 11.9. The Labute approximate surface area is 109 Å². The van der Waals surface area contributed by atoms with Crippen molar-refractivity contribution in [3.63, 3.8) is 0 Å². The molecule has 0 bridgehead atoms. The fourth-order valence-electron chi connectivity index (χ4n) is 2.41. The zero-order valence-electron chi connectivity index (χ0n) is 11.6. The van der Waals surface area contributed by atoms with Crippen molar-refractivity contribution in [1.29, 1.82) is 0 Å². The van der Waals surface area contributed by atoms with Gasteiger partial charge in [-0.2, -0.15) is 0 Å². The van der Waals surface area contributed by atoms with Crippen molar-refractivity contribution in [3.8, 4) is 0 Å². The van der Waals surface area contributed by atoms with Crippen molar-refractivity contribution in [2.75, 3.05) is 13.1 Å². The van der Waals surface area contributed by atoms with Gasteiger partial charge in [-0.05, 0) is 38.3 Å². The van der Waals surface area contributed by atoms with Gasteiger partial charge < -0.3 is 9.32 Å². The predicted octanol–water partition coefficient (Wildman–Crippen LogP) is 3.20. The molecule has 1 aromatic rings. The lowest BCUT2D eigenvalue weighted by Crippen LogP contribution is -2.30. The lowest BCUT2D eigenvalue weighted by atomic mass is 10.2. The number of aryl methyl sites for hydroxylation is 1. The van der Waals surface area contributed by atoms with Crippen molar-refractivity contribution >= 4 is 5.91 Å². The first-order valence-electron chi connectivity index (χ1n) is 7.02. The molecule has 2 atom stereocenters. The Morgan fingerprint density at radius 1 is 1.39 bits per heavy atom. The van der Waals surface area contributed by atoms with Gasteiger partial charge in [0.25, 0.3) is 0 Å². The second-order valence-electron chi connectivity index (χ2n) is 5.19. The summed E-state index contributed by atoms with van der Waals surface area (Å²) >= 11 is 0. The van der Waals surface area contributed by atoms with Gasteiger partial charge in [0.05, 0.1) is 0 Å². The van der Waals surface area contributed by atoms with Crippen LogP contribution in [-0.4, -0.2) is 23.9 Å². The van der Waals surface area contributed by atoms with Crippen LogP contribution in [0.15, 0.2) is 16.5 Å². The highest BCUT2D eigenvalue weighted by Crippen LogP contribution is 2.47. The van der Waals surface area contributed by atoms with Gasteiger partial charge in [-0.25, -0.2) is 0 Å². The molecular weight excluding hydrogens is 226 g/mol. The zero-order chi connectivity index (χ0) is 13.1. The summed E-state index contributed by atoms with van der Waals surface area (Å²) in [6.07, 6.45) is 2.51. The molecule has 1 fully saturated rings. The van der Waals surface area contributed by atoms with Crippen LogP contribution in [0.5, 0.6) is 0 Å². The van der Waals surface area contributed by atoms with Crippen molar-refractivity contribution in [2.45, 2.75) is 46.0 Å². The third kappa shape index (κ3) is 2.95. The van der Waals surface area contributed by atoms with Crippen LogP contribution < -0.4 is 0 Å². The lowest BCUT2D eigenvalue weighted by molar-refractivity contribution is -0.130. The van der Waals surface area contributed by atoms with E-state index in [0.29, 0.717) is 12.3 Å². The van der Waals surface area contributed by atoms with E-state index < -0.39 is 0 Å². The van der Waals surface area contributed by atoms with E-state index in [4.69, 9.17) is 4.42 Å². The van der Waals surface area contributed by atoms with Gasteiger partial charge in [-0.3, -0.25) is 4.79 Å². The Morgan fingerprint density at radius 3 is 2.61 bits per heavy atom. The van der Waals surface area contributed by atoms with Crippen LogP contribution in [0.4, 0.5) is 0 Å². The first-order valence-corrected chi connectivity index (χ1v) is 7.02. The molecule has 1 saturated carbocycles. The van der Waals surface area contributed by atoms with Crippen LogP contribution in [-0.2, 0) is 11.2 Å². The van der Waals surface area contributed by atoms with E-state index in [1.165, 1.54) is 6.42 Å². The summed E-state index contributed by atoms with van der Waals surface area (Å²) in [4.78, 5) is 13.7. The standard InChI is InChI=1S/C15H23NO2/c1-4-16(5-2)15(17)9-7-12-6-8-14(18-12)13-10-11(13)3/h6,8,11,13H,4-5,7,9-10H2,1-3H3/t11-,13-/m0/s1. The fraction of sp³-hybridized carbons (Fsp3) is 0.667. The summed E-state index contributed by atoms with van der Waals surface area (Å²) in [6.45, 7) is 7.86. The van der Waals surface area contributed by atoms with E-state index >= 15 is 0 Å². The molecule has 2 rings (SSSR count). The maximum absolute atomic E-state index is 11.9. The highest BCUT2D eigenvalue weighted by atomic mass is 16.3. The average molecular weight is 249 g/mol. The summed E-state index contributed by atoms with van der Waals surface area (Å²) in [5.41, 5.74) is 0. The molecule has 18 heavy (non-hydrogen) atoms. The van der Waals surface area contributed by atoms with E-state index in [2.05, 4.69) is 13.0 Å². The molecule has 0 N–H and O–H groups in total. The van der Waals surface area contributed by atoms with Crippen LogP contribution in [0.2, 0.25) is 0 Å². The molecule has 1 heterocycles. The molecule has 0 aromatic carbocycles. The normalized spacial score (nSPS) is 21.9.